The van der Waals surface area contributed by atoms with E-state index in [2.05, 4.69) is 54.8 Å². The van der Waals surface area contributed by atoms with E-state index >= 15 is 0 Å². The molecule has 0 spiro atoms. The quantitative estimate of drug-likeness (QED) is 0.845. The fraction of sp³-hybridized carbons (Fsp3) is 0.300. The van der Waals surface area contributed by atoms with Gasteiger partial charge in [0, 0.05) is 18.6 Å². The Morgan fingerprint density at radius 1 is 1.50 bits per heavy atom. The first kappa shape index (κ1) is 11.3. The van der Waals surface area contributed by atoms with Gasteiger partial charge in [0.15, 0.2) is 0 Å². The van der Waals surface area contributed by atoms with Crippen LogP contribution in [0.1, 0.15) is 25.2 Å². The highest BCUT2D eigenvalue weighted by atomic mass is 127. The van der Waals surface area contributed by atoms with Crippen molar-refractivity contribution in [1.82, 2.24) is 19.9 Å². The van der Waals surface area contributed by atoms with E-state index < -0.39 is 0 Å². The minimum Gasteiger partial charge on any atom is -0.359 e. The van der Waals surface area contributed by atoms with Crippen LogP contribution in [0.4, 0.5) is 5.82 Å². The Kier molecular flexibility index (Phi) is 3.70. The van der Waals surface area contributed by atoms with Gasteiger partial charge < -0.3 is 10.3 Å². The number of H-pyrrole nitrogens is 1. The number of nitrogens with one attached hydrogen (secondary N) is 2. The van der Waals surface area contributed by atoms with Crippen molar-refractivity contribution in [3.05, 3.63) is 34.3 Å². The van der Waals surface area contributed by atoms with E-state index in [1.54, 1.807) is 18.7 Å². The molecule has 0 fully saturated rings. The molecule has 0 saturated carbocycles. The molecule has 0 aliphatic heterocycles. The average Bonchev–Trinajstić information content (AvgIpc) is 2.81. The second kappa shape index (κ2) is 5.24. The van der Waals surface area contributed by atoms with Crippen molar-refractivity contribution in [2.45, 2.75) is 19.4 Å². The molecule has 2 aromatic rings. The van der Waals surface area contributed by atoms with Crippen molar-refractivity contribution in [2.24, 2.45) is 0 Å². The third kappa shape index (κ3) is 2.49. The zero-order chi connectivity index (χ0) is 11.4. The number of nitrogens with zero attached hydrogens (tertiary/aromatic N) is 3. The Bertz CT molecular complexity index is 442. The third-order valence-electron chi connectivity index (χ3n) is 2.24. The SMILES string of the molecule is CCC(Nc1ncncc1I)c1ncc[nH]1. The van der Waals surface area contributed by atoms with Crippen LogP contribution in [0.25, 0.3) is 0 Å². The molecular formula is C10H12IN5. The van der Waals surface area contributed by atoms with Gasteiger partial charge in [-0.15, -0.1) is 0 Å². The molecule has 0 radical (unpaired) electrons. The number of aromatic amines is 1. The van der Waals surface area contributed by atoms with Crippen molar-refractivity contribution < 1.29 is 0 Å². The van der Waals surface area contributed by atoms with Crippen LogP contribution < -0.4 is 5.32 Å². The maximum atomic E-state index is 4.25. The van der Waals surface area contributed by atoms with Crippen molar-refractivity contribution in [3.63, 3.8) is 0 Å². The Morgan fingerprint density at radius 2 is 2.38 bits per heavy atom. The molecule has 16 heavy (non-hydrogen) atoms. The van der Waals surface area contributed by atoms with Crippen molar-refractivity contribution >= 4 is 28.4 Å². The highest BCUT2D eigenvalue weighted by Gasteiger charge is 2.13. The smallest absolute Gasteiger partial charge is 0.143 e. The lowest BCUT2D eigenvalue weighted by Gasteiger charge is -2.15. The largest absolute Gasteiger partial charge is 0.359 e. The Morgan fingerprint density at radius 3 is 3.00 bits per heavy atom. The molecule has 0 aliphatic carbocycles. The topological polar surface area (TPSA) is 66.5 Å². The molecular weight excluding hydrogens is 317 g/mol. The maximum Gasteiger partial charge on any atom is 0.143 e. The van der Waals surface area contributed by atoms with Gasteiger partial charge in [-0.25, -0.2) is 15.0 Å². The number of hydrogen-bond acceptors (Lipinski definition) is 4. The zero-order valence-electron chi connectivity index (χ0n) is 8.81. The Balaban J connectivity index is 2.17. The van der Waals surface area contributed by atoms with Crippen LogP contribution in [0, 0.1) is 3.57 Å². The Hall–Kier alpha value is -1.18. The molecule has 0 saturated heterocycles. The third-order valence-corrected chi connectivity index (χ3v) is 3.03. The van der Waals surface area contributed by atoms with E-state index in [4.69, 9.17) is 0 Å². The summed E-state index contributed by atoms with van der Waals surface area (Å²) in [7, 11) is 0. The molecule has 84 valence electrons. The van der Waals surface area contributed by atoms with Gasteiger partial charge in [0.2, 0.25) is 0 Å². The molecule has 1 atom stereocenters. The predicted molar refractivity (Wildman–Crippen MR) is 70.0 cm³/mol. The number of rotatable bonds is 4. The first-order valence-electron chi connectivity index (χ1n) is 5.02. The molecule has 2 aromatic heterocycles. The van der Waals surface area contributed by atoms with E-state index in [9.17, 15) is 0 Å². The van der Waals surface area contributed by atoms with Crippen LogP contribution in [-0.4, -0.2) is 19.9 Å². The highest BCUT2D eigenvalue weighted by molar-refractivity contribution is 14.1. The molecule has 0 bridgehead atoms. The van der Waals surface area contributed by atoms with Gasteiger partial charge in [0.1, 0.15) is 18.0 Å². The van der Waals surface area contributed by atoms with Crippen LogP contribution in [0.2, 0.25) is 0 Å². The van der Waals surface area contributed by atoms with Gasteiger partial charge in [-0.1, -0.05) is 6.92 Å². The number of aromatic nitrogens is 4. The van der Waals surface area contributed by atoms with Gasteiger partial charge in [-0.05, 0) is 29.0 Å². The molecule has 2 heterocycles. The first-order valence-corrected chi connectivity index (χ1v) is 6.10. The summed E-state index contributed by atoms with van der Waals surface area (Å²) in [6.45, 7) is 2.11. The summed E-state index contributed by atoms with van der Waals surface area (Å²) in [4.78, 5) is 15.5. The standard InChI is InChI=1S/C10H12IN5/c1-2-8(10-13-3-4-14-10)16-9-7(11)5-12-6-15-9/h3-6,8H,2H2,1H3,(H,13,14)(H,12,15,16). The average molecular weight is 329 g/mol. The summed E-state index contributed by atoms with van der Waals surface area (Å²) in [5, 5.41) is 3.35. The van der Waals surface area contributed by atoms with E-state index in [1.807, 2.05) is 6.20 Å². The lowest BCUT2D eigenvalue weighted by Crippen LogP contribution is -2.13. The van der Waals surface area contributed by atoms with E-state index in [0.29, 0.717) is 0 Å². The Labute approximate surface area is 107 Å². The minimum absolute atomic E-state index is 0.151. The molecule has 2 N–H and O–H groups in total. The minimum atomic E-state index is 0.151. The van der Waals surface area contributed by atoms with E-state index in [0.717, 1.165) is 21.6 Å². The molecule has 2 rings (SSSR count). The van der Waals surface area contributed by atoms with E-state index in [1.165, 1.54) is 0 Å². The van der Waals surface area contributed by atoms with Gasteiger partial charge in [-0.2, -0.15) is 0 Å². The number of hydrogen-bond donors (Lipinski definition) is 2. The van der Waals surface area contributed by atoms with Crippen molar-refractivity contribution in [3.8, 4) is 0 Å². The predicted octanol–water partition coefficient (Wildman–Crippen LogP) is 2.37. The fourth-order valence-electron chi connectivity index (χ4n) is 1.42. The molecule has 6 heteroatoms. The van der Waals surface area contributed by atoms with Gasteiger partial charge in [0.25, 0.3) is 0 Å². The summed E-state index contributed by atoms with van der Waals surface area (Å²) >= 11 is 2.21. The lowest BCUT2D eigenvalue weighted by atomic mass is 10.2. The molecule has 0 aliphatic rings. The number of halogens is 1. The number of anilines is 1. The molecule has 5 nitrogen and oxygen atoms in total. The summed E-state index contributed by atoms with van der Waals surface area (Å²) < 4.78 is 1.00. The van der Waals surface area contributed by atoms with Crippen molar-refractivity contribution in [1.29, 1.82) is 0 Å². The summed E-state index contributed by atoms with van der Waals surface area (Å²) in [6.07, 6.45) is 7.84. The molecule has 1 unspecified atom stereocenters. The van der Waals surface area contributed by atoms with Gasteiger partial charge in [-0.3, -0.25) is 0 Å². The van der Waals surface area contributed by atoms with E-state index in [-0.39, 0.29) is 6.04 Å². The second-order valence-corrected chi connectivity index (χ2v) is 4.46. The van der Waals surface area contributed by atoms with Gasteiger partial charge in [0.05, 0.1) is 9.61 Å². The maximum absolute atomic E-state index is 4.25. The summed E-state index contributed by atoms with van der Waals surface area (Å²) in [6, 6.07) is 0.151. The normalized spacial score (nSPS) is 12.4. The summed E-state index contributed by atoms with van der Waals surface area (Å²) in [5.41, 5.74) is 0. The van der Waals surface area contributed by atoms with Crippen molar-refractivity contribution in [2.75, 3.05) is 5.32 Å². The van der Waals surface area contributed by atoms with Crippen LogP contribution in [0.15, 0.2) is 24.9 Å². The lowest BCUT2D eigenvalue weighted by molar-refractivity contribution is 0.699. The van der Waals surface area contributed by atoms with Crippen LogP contribution in [0.5, 0.6) is 0 Å². The second-order valence-electron chi connectivity index (χ2n) is 3.30. The number of imidazole rings is 1. The first-order chi connectivity index (χ1) is 7.81. The van der Waals surface area contributed by atoms with Crippen LogP contribution >= 0.6 is 22.6 Å². The molecule has 0 aromatic carbocycles. The van der Waals surface area contributed by atoms with Crippen LogP contribution in [0.3, 0.4) is 0 Å². The van der Waals surface area contributed by atoms with Crippen LogP contribution in [-0.2, 0) is 0 Å². The molecule has 0 amide bonds. The summed E-state index contributed by atoms with van der Waals surface area (Å²) in [5.74, 6) is 1.77. The monoisotopic (exact) mass is 329 g/mol. The van der Waals surface area contributed by atoms with Gasteiger partial charge >= 0.3 is 0 Å². The highest BCUT2D eigenvalue weighted by Crippen LogP contribution is 2.21. The fourth-order valence-corrected chi connectivity index (χ4v) is 1.87. The zero-order valence-corrected chi connectivity index (χ0v) is 11.0.